The van der Waals surface area contributed by atoms with Gasteiger partial charge in [0.15, 0.2) is 11.5 Å². The first-order chi connectivity index (χ1) is 8.97. The molecule has 1 heterocycles. The molecule has 1 amide bonds. The van der Waals surface area contributed by atoms with Crippen LogP contribution in [0.2, 0.25) is 0 Å². The largest absolute Gasteiger partial charge is 0.504 e. The standard InChI is InChI=1S/C13H11BrN2O3/c1-7-4-9(6-15-12(7)14)16-13(19)8-2-3-10(17)11(18)5-8/h2-6,17-18H,1H3,(H,16,19). The molecule has 0 spiro atoms. The minimum Gasteiger partial charge on any atom is -0.504 e. The van der Waals surface area contributed by atoms with E-state index in [2.05, 4.69) is 26.2 Å². The van der Waals surface area contributed by atoms with Crippen molar-refractivity contribution in [1.29, 1.82) is 0 Å². The Morgan fingerprint density at radius 1 is 1.26 bits per heavy atom. The molecule has 2 aromatic rings. The molecule has 1 aromatic carbocycles. The van der Waals surface area contributed by atoms with E-state index in [1.165, 1.54) is 24.4 Å². The van der Waals surface area contributed by atoms with Crippen LogP contribution in [0.3, 0.4) is 0 Å². The van der Waals surface area contributed by atoms with Crippen molar-refractivity contribution in [2.24, 2.45) is 0 Å². The first-order valence-electron chi connectivity index (χ1n) is 5.43. The monoisotopic (exact) mass is 322 g/mol. The summed E-state index contributed by atoms with van der Waals surface area (Å²) in [5.74, 6) is -0.991. The highest BCUT2D eigenvalue weighted by molar-refractivity contribution is 9.10. The lowest BCUT2D eigenvalue weighted by molar-refractivity contribution is 0.102. The van der Waals surface area contributed by atoms with Crippen LogP contribution in [-0.2, 0) is 0 Å². The molecule has 2 rings (SSSR count). The van der Waals surface area contributed by atoms with Gasteiger partial charge in [0.1, 0.15) is 4.60 Å². The van der Waals surface area contributed by atoms with Crippen LogP contribution >= 0.6 is 15.9 Å². The number of hydrogen-bond acceptors (Lipinski definition) is 4. The van der Waals surface area contributed by atoms with Crippen molar-refractivity contribution in [2.75, 3.05) is 5.32 Å². The van der Waals surface area contributed by atoms with Gasteiger partial charge in [-0.05, 0) is 52.7 Å². The summed E-state index contributed by atoms with van der Waals surface area (Å²) < 4.78 is 0.716. The van der Waals surface area contributed by atoms with Gasteiger partial charge in [-0.2, -0.15) is 0 Å². The smallest absolute Gasteiger partial charge is 0.255 e. The van der Waals surface area contributed by atoms with Crippen LogP contribution in [0.1, 0.15) is 15.9 Å². The molecule has 1 aromatic heterocycles. The van der Waals surface area contributed by atoms with Gasteiger partial charge in [0, 0.05) is 5.56 Å². The molecule has 0 fully saturated rings. The van der Waals surface area contributed by atoms with Crippen molar-refractivity contribution in [3.63, 3.8) is 0 Å². The van der Waals surface area contributed by atoms with E-state index in [-0.39, 0.29) is 23.0 Å². The molecular weight excluding hydrogens is 312 g/mol. The average molecular weight is 323 g/mol. The maximum absolute atomic E-state index is 11.9. The molecular formula is C13H11BrN2O3. The Balaban J connectivity index is 2.20. The summed E-state index contributed by atoms with van der Waals surface area (Å²) in [5.41, 5.74) is 1.69. The number of rotatable bonds is 2. The summed E-state index contributed by atoms with van der Waals surface area (Å²) in [6.45, 7) is 1.86. The van der Waals surface area contributed by atoms with Gasteiger partial charge in [-0.25, -0.2) is 4.98 Å². The number of halogens is 1. The number of anilines is 1. The number of nitrogens with zero attached hydrogens (tertiary/aromatic N) is 1. The number of phenolic OH excluding ortho intramolecular Hbond substituents is 2. The molecule has 98 valence electrons. The van der Waals surface area contributed by atoms with E-state index in [4.69, 9.17) is 0 Å². The Labute approximate surface area is 118 Å². The third kappa shape index (κ3) is 3.03. The van der Waals surface area contributed by atoms with Gasteiger partial charge in [-0.15, -0.1) is 0 Å². The number of amides is 1. The lowest BCUT2D eigenvalue weighted by atomic mass is 10.2. The molecule has 0 bridgehead atoms. The molecule has 0 aliphatic heterocycles. The maximum atomic E-state index is 11.9. The van der Waals surface area contributed by atoms with Crippen LogP contribution in [0.4, 0.5) is 5.69 Å². The quantitative estimate of drug-likeness (QED) is 0.586. The number of carbonyl (C=O) groups is 1. The molecule has 0 radical (unpaired) electrons. The summed E-state index contributed by atoms with van der Waals surface area (Å²) in [6, 6.07) is 5.65. The molecule has 0 atom stereocenters. The van der Waals surface area contributed by atoms with Crippen LogP contribution in [-0.4, -0.2) is 21.1 Å². The third-order valence-electron chi connectivity index (χ3n) is 2.51. The van der Waals surface area contributed by atoms with Crippen molar-refractivity contribution >= 4 is 27.5 Å². The predicted octanol–water partition coefficient (Wildman–Crippen LogP) is 2.82. The molecule has 0 aliphatic rings. The number of aromatic hydroxyl groups is 2. The van der Waals surface area contributed by atoms with Gasteiger partial charge in [0.05, 0.1) is 11.9 Å². The van der Waals surface area contributed by atoms with Gasteiger partial charge in [0.25, 0.3) is 5.91 Å². The average Bonchev–Trinajstić information content (AvgIpc) is 2.37. The van der Waals surface area contributed by atoms with Crippen molar-refractivity contribution in [1.82, 2.24) is 4.98 Å². The zero-order chi connectivity index (χ0) is 14.0. The zero-order valence-electron chi connectivity index (χ0n) is 10.0. The summed E-state index contributed by atoms with van der Waals surface area (Å²) in [4.78, 5) is 16.0. The Hall–Kier alpha value is -2.08. The van der Waals surface area contributed by atoms with E-state index in [1.54, 1.807) is 6.07 Å². The van der Waals surface area contributed by atoms with Crippen molar-refractivity contribution < 1.29 is 15.0 Å². The van der Waals surface area contributed by atoms with E-state index < -0.39 is 0 Å². The lowest BCUT2D eigenvalue weighted by Crippen LogP contribution is -2.12. The maximum Gasteiger partial charge on any atom is 0.255 e. The van der Waals surface area contributed by atoms with Crippen molar-refractivity contribution in [3.05, 3.63) is 46.2 Å². The Bertz CT molecular complexity index is 644. The number of benzene rings is 1. The first kappa shape index (κ1) is 13.4. The van der Waals surface area contributed by atoms with Crippen molar-refractivity contribution in [2.45, 2.75) is 6.92 Å². The molecule has 0 aliphatic carbocycles. The number of phenols is 2. The zero-order valence-corrected chi connectivity index (χ0v) is 11.6. The fourth-order valence-corrected chi connectivity index (χ4v) is 1.71. The Kier molecular flexibility index (Phi) is 3.71. The second-order valence-electron chi connectivity index (χ2n) is 3.99. The van der Waals surface area contributed by atoms with E-state index in [0.717, 1.165) is 5.56 Å². The van der Waals surface area contributed by atoms with Crippen molar-refractivity contribution in [3.8, 4) is 11.5 Å². The molecule has 0 saturated heterocycles. The minimum absolute atomic E-state index is 0.246. The van der Waals surface area contributed by atoms with E-state index in [9.17, 15) is 15.0 Å². The second-order valence-corrected chi connectivity index (χ2v) is 4.74. The number of aromatic nitrogens is 1. The van der Waals surface area contributed by atoms with Crippen LogP contribution in [0.15, 0.2) is 35.1 Å². The van der Waals surface area contributed by atoms with Gasteiger partial charge in [0.2, 0.25) is 0 Å². The SMILES string of the molecule is Cc1cc(NC(=O)c2ccc(O)c(O)c2)cnc1Br. The molecule has 5 nitrogen and oxygen atoms in total. The molecule has 19 heavy (non-hydrogen) atoms. The van der Waals surface area contributed by atoms with Crippen LogP contribution in [0.25, 0.3) is 0 Å². The lowest BCUT2D eigenvalue weighted by Gasteiger charge is -2.07. The molecule has 6 heteroatoms. The number of hydrogen-bond donors (Lipinski definition) is 3. The van der Waals surface area contributed by atoms with Gasteiger partial charge >= 0.3 is 0 Å². The second kappa shape index (κ2) is 5.27. The summed E-state index contributed by atoms with van der Waals surface area (Å²) in [6.07, 6.45) is 1.52. The first-order valence-corrected chi connectivity index (χ1v) is 6.22. The predicted molar refractivity (Wildman–Crippen MR) is 74.4 cm³/mol. The van der Waals surface area contributed by atoms with Crippen LogP contribution < -0.4 is 5.32 Å². The number of pyridine rings is 1. The van der Waals surface area contributed by atoms with E-state index in [1.807, 2.05) is 6.92 Å². The normalized spacial score (nSPS) is 10.2. The fourth-order valence-electron chi connectivity index (χ4n) is 1.49. The Morgan fingerprint density at radius 2 is 2.00 bits per heavy atom. The van der Waals surface area contributed by atoms with Gasteiger partial charge in [-0.1, -0.05) is 0 Å². The van der Waals surface area contributed by atoms with E-state index in [0.29, 0.717) is 10.3 Å². The number of carbonyl (C=O) groups excluding carboxylic acids is 1. The van der Waals surface area contributed by atoms with Crippen LogP contribution in [0.5, 0.6) is 11.5 Å². The third-order valence-corrected chi connectivity index (χ3v) is 3.34. The minimum atomic E-state index is -0.390. The van der Waals surface area contributed by atoms with Gasteiger partial charge < -0.3 is 15.5 Å². The molecule has 0 saturated carbocycles. The highest BCUT2D eigenvalue weighted by Gasteiger charge is 2.09. The fraction of sp³-hybridized carbons (Fsp3) is 0.0769. The van der Waals surface area contributed by atoms with E-state index >= 15 is 0 Å². The highest BCUT2D eigenvalue weighted by Crippen LogP contribution is 2.25. The summed E-state index contributed by atoms with van der Waals surface area (Å²) in [7, 11) is 0. The Morgan fingerprint density at radius 3 is 2.63 bits per heavy atom. The van der Waals surface area contributed by atoms with Crippen LogP contribution in [0, 0.1) is 6.92 Å². The number of nitrogens with one attached hydrogen (secondary N) is 1. The molecule has 0 unspecified atom stereocenters. The topological polar surface area (TPSA) is 82.5 Å². The number of aryl methyl sites for hydroxylation is 1. The van der Waals surface area contributed by atoms with Gasteiger partial charge in [-0.3, -0.25) is 4.79 Å². The summed E-state index contributed by atoms with van der Waals surface area (Å²) >= 11 is 3.27. The molecule has 3 N–H and O–H groups in total. The summed E-state index contributed by atoms with van der Waals surface area (Å²) in [5, 5.41) is 21.2. The highest BCUT2D eigenvalue weighted by atomic mass is 79.9.